The standard InChI is InChI=1S/C26H24N4O5S/c1-33-21-13-17(14-22(34-2)24(21)35-3)15-27-29-23(31)16-36-26-28-20-12-8-7-11-19(20)25(32)30(26)18-9-5-4-6-10-18/h4-15H,16H2,1-3H3,(H,29,31)/b27-15-. The zero-order valence-corrected chi connectivity index (χ0v) is 20.7. The van der Waals surface area contributed by atoms with Gasteiger partial charge in [0.2, 0.25) is 5.75 Å². The highest BCUT2D eigenvalue weighted by molar-refractivity contribution is 7.99. The van der Waals surface area contributed by atoms with Gasteiger partial charge in [0.1, 0.15) is 0 Å². The van der Waals surface area contributed by atoms with Gasteiger partial charge >= 0.3 is 0 Å². The molecule has 4 aromatic rings. The molecule has 0 atom stereocenters. The number of nitrogens with zero attached hydrogens (tertiary/aromatic N) is 3. The molecule has 1 heterocycles. The number of hydrogen-bond donors (Lipinski definition) is 1. The highest BCUT2D eigenvalue weighted by Gasteiger charge is 2.15. The smallest absolute Gasteiger partial charge is 0.266 e. The highest BCUT2D eigenvalue weighted by atomic mass is 32.2. The van der Waals surface area contributed by atoms with Gasteiger partial charge in [-0.1, -0.05) is 42.1 Å². The summed E-state index contributed by atoms with van der Waals surface area (Å²) >= 11 is 1.15. The Hall–Kier alpha value is -4.31. The van der Waals surface area contributed by atoms with Crippen molar-refractivity contribution >= 4 is 34.8 Å². The Balaban J connectivity index is 1.52. The number of aromatic nitrogens is 2. The maximum Gasteiger partial charge on any atom is 0.266 e. The van der Waals surface area contributed by atoms with Crippen molar-refractivity contribution in [1.82, 2.24) is 15.0 Å². The van der Waals surface area contributed by atoms with Crippen molar-refractivity contribution in [2.24, 2.45) is 5.10 Å². The molecule has 0 spiro atoms. The summed E-state index contributed by atoms with van der Waals surface area (Å²) in [7, 11) is 4.56. The molecule has 0 aliphatic heterocycles. The molecule has 0 saturated heterocycles. The second-order valence-corrected chi connectivity index (χ2v) is 8.37. The molecule has 0 aliphatic carbocycles. The van der Waals surface area contributed by atoms with Crippen molar-refractivity contribution in [3.63, 3.8) is 0 Å². The molecule has 1 N–H and O–H groups in total. The molecule has 3 aromatic carbocycles. The van der Waals surface area contributed by atoms with E-state index in [-0.39, 0.29) is 17.2 Å². The first kappa shape index (κ1) is 24.8. The number of carbonyl (C=O) groups excluding carboxylic acids is 1. The summed E-state index contributed by atoms with van der Waals surface area (Å²) in [6.07, 6.45) is 1.47. The monoisotopic (exact) mass is 504 g/mol. The first-order chi connectivity index (χ1) is 17.5. The number of hydrazone groups is 1. The van der Waals surface area contributed by atoms with E-state index >= 15 is 0 Å². The third-order valence-corrected chi connectivity index (χ3v) is 6.12. The predicted molar refractivity (Wildman–Crippen MR) is 140 cm³/mol. The van der Waals surface area contributed by atoms with Crippen LogP contribution in [0.15, 0.2) is 81.8 Å². The van der Waals surface area contributed by atoms with Crippen LogP contribution in [0, 0.1) is 0 Å². The number of fused-ring (bicyclic) bond motifs is 1. The van der Waals surface area contributed by atoms with E-state index in [2.05, 4.69) is 15.5 Å². The minimum absolute atomic E-state index is 0.00418. The summed E-state index contributed by atoms with van der Waals surface area (Å²) < 4.78 is 17.5. The van der Waals surface area contributed by atoms with Gasteiger partial charge in [-0.3, -0.25) is 14.2 Å². The van der Waals surface area contributed by atoms with E-state index in [1.54, 1.807) is 30.3 Å². The van der Waals surface area contributed by atoms with E-state index in [0.29, 0.717) is 44.6 Å². The van der Waals surface area contributed by atoms with Gasteiger partial charge in [-0.2, -0.15) is 5.10 Å². The summed E-state index contributed by atoms with van der Waals surface area (Å²) in [6.45, 7) is 0. The Bertz CT molecular complexity index is 1450. The molecule has 184 valence electrons. The van der Waals surface area contributed by atoms with Crippen LogP contribution in [0.5, 0.6) is 17.2 Å². The van der Waals surface area contributed by atoms with Crippen molar-refractivity contribution in [2.45, 2.75) is 5.16 Å². The average Bonchev–Trinajstić information content (AvgIpc) is 2.91. The quantitative estimate of drug-likeness (QED) is 0.161. The molecule has 10 heteroatoms. The minimum Gasteiger partial charge on any atom is -0.493 e. The number of thioether (sulfide) groups is 1. The third-order valence-electron chi connectivity index (χ3n) is 5.18. The number of benzene rings is 3. The van der Waals surface area contributed by atoms with Crippen LogP contribution < -0.4 is 25.2 Å². The van der Waals surface area contributed by atoms with E-state index in [1.807, 2.05) is 36.4 Å². The van der Waals surface area contributed by atoms with E-state index in [0.717, 1.165) is 11.8 Å². The molecule has 1 aromatic heterocycles. The summed E-state index contributed by atoms with van der Waals surface area (Å²) in [5.74, 6) is 1.06. The summed E-state index contributed by atoms with van der Waals surface area (Å²) in [6, 6.07) is 19.8. The Labute approximate surface area is 211 Å². The highest BCUT2D eigenvalue weighted by Crippen LogP contribution is 2.37. The van der Waals surface area contributed by atoms with Gasteiger partial charge in [0.15, 0.2) is 16.7 Å². The molecule has 9 nitrogen and oxygen atoms in total. The lowest BCUT2D eigenvalue weighted by atomic mass is 10.2. The fourth-order valence-corrected chi connectivity index (χ4v) is 4.34. The van der Waals surface area contributed by atoms with Crippen molar-refractivity contribution in [3.05, 3.63) is 82.6 Å². The van der Waals surface area contributed by atoms with Crippen molar-refractivity contribution in [2.75, 3.05) is 27.1 Å². The number of nitrogens with one attached hydrogen (secondary N) is 1. The van der Waals surface area contributed by atoms with Gasteiger partial charge in [-0.05, 0) is 36.4 Å². The number of carbonyl (C=O) groups is 1. The molecular formula is C26H24N4O5S. The second-order valence-electron chi connectivity index (χ2n) is 7.43. The predicted octanol–water partition coefficient (Wildman–Crippen LogP) is 3.65. The first-order valence-corrected chi connectivity index (χ1v) is 11.9. The van der Waals surface area contributed by atoms with Crippen LogP contribution in [0.3, 0.4) is 0 Å². The van der Waals surface area contributed by atoms with Gasteiger partial charge in [-0.15, -0.1) is 0 Å². The van der Waals surface area contributed by atoms with Gasteiger partial charge in [-0.25, -0.2) is 10.4 Å². The molecule has 0 fully saturated rings. The fourth-order valence-electron chi connectivity index (χ4n) is 3.53. The van der Waals surface area contributed by atoms with E-state index in [4.69, 9.17) is 14.2 Å². The van der Waals surface area contributed by atoms with Gasteiger partial charge < -0.3 is 14.2 Å². The van der Waals surface area contributed by atoms with E-state index < -0.39 is 0 Å². The zero-order chi connectivity index (χ0) is 25.5. The molecule has 0 radical (unpaired) electrons. The molecule has 36 heavy (non-hydrogen) atoms. The number of methoxy groups -OCH3 is 3. The largest absolute Gasteiger partial charge is 0.493 e. The Morgan fingerprint density at radius 1 is 1.00 bits per heavy atom. The molecule has 0 aliphatic rings. The maximum absolute atomic E-state index is 13.2. The van der Waals surface area contributed by atoms with Gasteiger partial charge in [0, 0.05) is 5.56 Å². The van der Waals surface area contributed by atoms with Gasteiger partial charge in [0.25, 0.3) is 11.5 Å². The van der Waals surface area contributed by atoms with Crippen LogP contribution in [-0.4, -0.2) is 48.8 Å². The van der Waals surface area contributed by atoms with Crippen LogP contribution in [-0.2, 0) is 4.79 Å². The lowest BCUT2D eigenvalue weighted by Gasteiger charge is -2.13. The number of rotatable bonds is 9. The first-order valence-electron chi connectivity index (χ1n) is 10.9. The van der Waals surface area contributed by atoms with Crippen LogP contribution in [0.1, 0.15) is 5.56 Å². The lowest BCUT2D eigenvalue weighted by molar-refractivity contribution is -0.118. The van der Waals surface area contributed by atoms with Crippen molar-refractivity contribution in [3.8, 4) is 22.9 Å². The molecule has 0 saturated carbocycles. The van der Waals surface area contributed by atoms with Crippen LogP contribution in [0.25, 0.3) is 16.6 Å². The molecule has 4 rings (SSSR count). The zero-order valence-electron chi connectivity index (χ0n) is 19.9. The summed E-state index contributed by atoms with van der Waals surface area (Å²) in [5, 5.41) is 4.94. The molecule has 0 bridgehead atoms. The number of amides is 1. The summed E-state index contributed by atoms with van der Waals surface area (Å²) in [5.41, 5.74) is 4.18. The normalized spacial score (nSPS) is 11.0. The van der Waals surface area contributed by atoms with Crippen molar-refractivity contribution < 1.29 is 19.0 Å². The SMILES string of the molecule is COc1cc(/C=N\NC(=O)CSc2nc3ccccc3c(=O)n2-c2ccccc2)cc(OC)c1OC. The Kier molecular flexibility index (Phi) is 7.86. The Morgan fingerprint density at radius 3 is 2.33 bits per heavy atom. The van der Waals surface area contributed by atoms with Crippen LogP contribution in [0.4, 0.5) is 0 Å². The number of para-hydroxylation sites is 2. The second kappa shape index (κ2) is 11.4. The number of hydrogen-bond acceptors (Lipinski definition) is 8. The average molecular weight is 505 g/mol. The van der Waals surface area contributed by atoms with E-state index in [9.17, 15) is 9.59 Å². The third kappa shape index (κ3) is 5.33. The molecule has 1 amide bonds. The number of ether oxygens (including phenoxy) is 3. The minimum atomic E-state index is -0.356. The topological polar surface area (TPSA) is 104 Å². The van der Waals surface area contributed by atoms with Crippen LogP contribution >= 0.6 is 11.8 Å². The molecule has 0 unspecified atom stereocenters. The van der Waals surface area contributed by atoms with Gasteiger partial charge in [0.05, 0.1) is 49.9 Å². The summed E-state index contributed by atoms with van der Waals surface area (Å²) in [4.78, 5) is 30.4. The van der Waals surface area contributed by atoms with Crippen molar-refractivity contribution in [1.29, 1.82) is 0 Å². The maximum atomic E-state index is 13.2. The van der Waals surface area contributed by atoms with Crippen LogP contribution in [0.2, 0.25) is 0 Å². The fraction of sp³-hybridized carbons (Fsp3) is 0.154. The molecular weight excluding hydrogens is 480 g/mol. The van der Waals surface area contributed by atoms with E-state index in [1.165, 1.54) is 32.1 Å². The Morgan fingerprint density at radius 2 is 1.67 bits per heavy atom. The lowest BCUT2D eigenvalue weighted by Crippen LogP contribution is -2.24.